The second kappa shape index (κ2) is 5.48. The van der Waals surface area contributed by atoms with Crippen LogP contribution in [0.4, 0.5) is 8.78 Å². The van der Waals surface area contributed by atoms with E-state index < -0.39 is 33.0 Å². The molecule has 2 nitrogen and oxygen atoms in total. The summed E-state index contributed by atoms with van der Waals surface area (Å²) in [4.78, 5) is 0. The standard InChI is InChI=1S/C14H12F2O2S/c15-13-7-3-1-5-11(13)9-19(17,18)10-12-6-2-4-8-14(12)16/h1-8H,9-10H2. The smallest absolute Gasteiger partial charge is 0.158 e. The SMILES string of the molecule is O=S(=O)(Cc1ccccc1F)Cc1ccccc1F. The molecule has 0 aromatic heterocycles. The first-order chi connectivity index (χ1) is 8.98. The minimum Gasteiger partial charge on any atom is -0.228 e. The van der Waals surface area contributed by atoms with Crippen LogP contribution in [0.3, 0.4) is 0 Å². The Morgan fingerprint density at radius 2 is 1.11 bits per heavy atom. The Kier molecular flexibility index (Phi) is 3.95. The van der Waals surface area contributed by atoms with Crippen molar-refractivity contribution in [2.45, 2.75) is 11.5 Å². The van der Waals surface area contributed by atoms with Crippen LogP contribution in [0, 0.1) is 11.6 Å². The van der Waals surface area contributed by atoms with E-state index in [9.17, 15) is 17.2 Å². The summed E-state index contributed by atoms with van der Waals surface area (Å²) in [5.41, 5.74) is 0.192. The van der Waals surface area contributed by atoms with Crippen molar-refractivity contribution in [1.29, 1.82) is 0 Å². The van der Waals surface area contributed by atoms with Crippen molar-refractivity contribution in [3.05, 3.63) is 71.3 Å². The molecule has 2 aromatic rings. The van der Waals surface area contributed by atoms with Crippen LogP contribution in [0.1, 0.15) is 11.1 Å². The van der Waals surface area contributed by atoms with Gasteiger partial charge in [-0.05, 0) is 12.1 Å². The second-order valence-corrected chi connectivity index (χ2v) is 6.28. The lowest BCUT2D eigenvalue weighted by Gasteiger charge is -2.06. The first-order valence-corrected chi connectivity index (χ1v) is 7.47. The van der Waals surface area contributed by atoms with Crippen LogP contribution >= 0.6 is 0 Å². The van der Waals surface area contributed by atoms with E-state index >= 15 is 0 Å². The molecule has 0 saturated carbocycles. The lowest BCUT2D eigenvalue weighted by Crippen LogP contribution is -2.09. The first-order valence-electron chi connectivity index (χ1n) is 5.65. The maximum absolute atomic E-state index is 13.4. The van der Waals surface area contributed by atoms with Crippen molar-refractivity contribution in [3.8, 4) is 0 Å². The highest BCUT2D eigenvalue weighted by atomic mass is 32.2. The summed E-state index contributed by atoms with van der Waals surface area (Å²) in [6.45, 7) is 0. The van der Waals surface area contributed by atoms with Gasteiger partial charge in [0.15, 0.2) is 9.84 Å². The van der Waals surface area contributed by atoms with Crippen molar-refractivity contribution in [2.75, 3.05) is 0 Å². The van der Waals surface area contributed by atoms with Gasteiger partial charge in [-0.15, -0.1) is 0 Å². The molecule has 0 spiro atoms. The Bertz CT molecular complexity index is 628. The molecule has 0 radical (unpaired) electrons. The van der Waals surface area contributed by atoms with E-state index in [0.29, 0.717) is 0 Å². The fraction of sp³-hybridized carbons (Fsp3) is 0.143. The molecule has 0 heterocycles. The van der Waals surface area contributed by atoms with E-state index in [-0.39, 0.29) is 11.1 Å². The molecule has 2 aromatic carbocycles. The number of benzene rings is 2. The fourth-order valence-electron chi connectivity index (χ4n) is 1.76. The summed E-state index contributed by atoms with van der Waals surface area (Å²) in [5.74, 6) is -2.01. The van der Waals surface area contributed by atoms with Gasteiger partial charge in [-0.3, -0.25) is 0 Å². The average molecular weight is 282 g/mol. The third-order valence-electron chi connectivity index (χ3n) is 2.67. The van der Waals surface area contributed by atoms with Crippen LogP contribution in [-0.2, 0) is 21.3 Å². The fourth-order valence-corrected chi connectivity index (χ4v) is 3.27. The molecule has 0 fully saturated rings. The molecule has 19 heavy (non-hydrogen) atoms. The number of rotatable bonds is 4. The zero-order chi connectivity index (χ0) is 13.9. The Morgan fingerprint density at radius 1 is 0.737 bits per heavy atom. The molecule has 0 saturated heterocycles. The molecule has 100 valence electrons. The van der Waals surface area contributed by atoms with Crippen LogP contribution in [0.25, 0.3) is 0 Å². The van der Waals surface area contributed by atoms with Gasteiger partial charge in [-0.1, -0.05) is 36.4 Å². The summed E-state index contributed by atoms with van der Waals surface area (Å²) >= 11 is 0. The van der Waals surface area contributed by atoms with Crippen LogP contribution in [-0.4, -0.2) is 8.42 Å². The van der Waals surface area contributed by atoms with Crippen LogP contribution in [0.2, 0.25) is 0 Å². The number of halogens is 2. The number of hydrogen-bond acceptors (Lipinski definition) is 2. The zero-order valence-corrected chi connectivity index (χ0v) is 10.8. The quantitative estimate of drug-likeness (QED) is 0.863. The van der Waals surface area contributed by atoms with Gasteiger partial charge in [-0.2, -0.15) is 0 Å². The van der Waals surface area contributed by atoms with Gasteiger partial charge < -0.3 is 0 Å². The van der Waals surface area contributed by atoms with E-state index in [4.69, 9.17) is 0 Å². The van der Waals surface area contributed by atoms with E-state index in [1.54, 1.807) is 12.1 Å². The average Bonchev–Trinajstić information content (AvgIpc) is 2.35. The van der Waals surface area contributed by atoms with E-state index in [1.807, 2.05) is 0 Å². The molecular weight excluding hydrogens is 270 g/mol. The lowest BCUT2D eigenvalue weighted by molar-refractivity contribution is 0.580. The second-order valence-electron chi connectivity index (χ2n) is 4.22. The van der Waals surface area contributed by atoms with Crippen LogP contribution < -0.4 is 0 Å². The van der Waals surface area contributed by atoms with Gasteiger partial charge in [-0.25, -0.2) is 17.2 Å². The predicted octanol–water partition coefficient (Wildman–Crippen LogP) is 3.08. The molecule has 0 aliphatic rings. The maximum Gasteiger partial charge on any atom is 0.158 e. The molecule has 2 rings (SSSR count). The molecule has 0 atom stereocenters. The molecule has 5 heteroatoms. The highest BCUT2D eigenvalue weighted by Crippen LogP contribution is 2.16. The van der Waals surface area contributed by atoms with E-state index in [2.05, 4.69) is 0 Å². The van der Waals surface area contributed by atoms with Crippen molar-refractivity contribution in [3.63, 3.8) is 0 Å². The molecule has 0 aliphatic heterocycles. The molecule has 0 N–H and O–H groups in total. The monoisotopic (exact) mass is 282 g/mol. The normalized spacial score (nSPS) is 11.5. The lowest BCUT2D eigenvalue weighted by atomic mass is 10.2. The summed E-state index contributed by atoms with van der Waals surface area (Å²) < 4.78 is 50.7. The highest BCUT2D eigenvalue weighted by molar-refractivity contribution is 7.89. The first kappa shape index (κ1) is 13.7. The summed E-state index contributed by atoms with van der Waals surface area (Å²) in [6.07, 6.45) is 0. The molecule has 0 unspecified atom stereocenters. The molecule has 0 bridgehead atoms. The van der Waals surface area contributed by atoms with Crippen molar-refractivity contribution < 1.29 is 17.2 Å². The van der Waals surface area contributed by atoms with Gasteiger partial charge in [0.2, 0.25) is 0 Å². The Balaban J connectivity index is 2.21. The van der Waals surface area contributed by atoms with Crippen molar-refractivity contribution in [2.24, 2.45) is 0 Å². The Hall–Kier alpha value is -1.75. The Labute approximate surface area is 110 Å². The minimum atomic E-state index is -3.61. The molecule has 0 amide bonds. The molecular formula is C14H12F2O2S. The third kappa shape index (κ3) is 3.61. The third-order valence-corrected chi connectivity index (χ3v) is 4.17. The summed E-state index contributed by atoms with van der Waals surface area (Å²) in [5, 5.41) is 0. The van der Waals surface area contributed by atoms with Gasteiger partial charge in [0, 0.05) is 11.1 Å². The van der Waals surface area contributed by atoms with Gasteiger partial charge in [0.05, 0.1) is 11.5 Å². The van der Waals surface area contributed by atoms with E-state index in [1.165, 1.54) is 36.4 Å². The Morgan fingerprint density at radius 3 is 1.47 bits per heavy atom. The van der Waals surface area contributed by atoms with Gasteiger partial charge in [0.25, 0.3) is 0 Å². The van der Waals surface area contributed by atoms with Gasteiger partial charge in [0.1, 0.15) is 11.6 Å². The van der Waals surface area contributed by atoms with Crippen LogP contribution in [0.15, 0.2) is 48.5 Å². The number of hydrogen-bond donors (Lipinski definition) is 0. The minimum absolute atomic E-state index is 0.0961. The van der Waals surface area contributed by atoms with Crippen LogP contribution in [0.5, 0.6) is 0 Å². The van der Waals surface area contributed by atoms with Crippen molar-refractivity contribution >= 4 is 9.84 Å². The summed E-state index contributed by atoms with van der Waals surface area (Å²) in [6, 6.07) is 11.3. The predicted molar refractivity (Wildman–Crippen MR) is 69.1 cm³/mol. The summed E-state index contributed by atoms with van der Waals surface area (Å²) in [7, 11) is -3.61. The van der Waals surface area contributed by atoms with Gasteiger partial charge >= 0.3 is 0 Å². The number of sulfone groups is 1. The topological polar surface area (TPSA) is 34.1 Å². The van der Waals surface area contributed by atoms with Crippen molar-refractivity contribution in [1.82, 2.24) is 0 Å². The largest absolute Gasteiger partial charge is 0.228 e. The molecule has 0 aliphatic carbocycles. The zero-order valence-electron chi connectivity index (χ0n) is 10.0. The van der Waals surface area contributed by atoms with E-state index in [0.717, 1.165) is 0 Å². The maximum atomic E-state index is 13.4. The highest BCUT2D eigenvalue weighted by Gasteiger charge is 2.17.